The maximum absolute atomic E-state index is 12.7. The minimum Gasteiger partial charge on any atom is -0.264 e. The highest BCUT2D eigenvalue weighted by molar-refractivity contribution is 7.93. The second kappa shape index (κ2) is 6.21. The summed E-state index contributed by atoms with van der Waals surface area (Å²) in [5.74, 6) is 1.07. The lowest BCUT2D eigenvalue weighted by molar-refractivity contribution is 0.602. The van der Waals surface area contributed by atoms with Gasteiger partial charge in [0, 0.05) is 41.1 Å². The number of nitrogens with zero attached hydrogens (tertiary/aromatic N) is 3. The molecule has 0 aliphatic rings. The first kappa shape index (κ1) is 15.8. The Morgan fingerprint density at radius 1 is 1.26 bits per heavy atom. The Bertz CT molecular complexity index is 930. The average Bonchev–Trinajstić information content (AvgIpc) is 2.92. The minimum absolute atomic E-state index is 0.206. The molecule has 0 saturated carbocycles. The van der Waals surface area contributed by atoms with Crippen LogP contribution in [0.1, 0.15) is 19.7 Å². The van der Waals surface area contributed by atoms with Crippen LogP contribution in [-0.2, 0) is 16.4 Å². The van der Waals surface area contributed by atoms with Crippen LogP contribution in [0, 0.1) is 5.92 Å². The zero-order valence-corrected chi connectivity index (χ0v) is 14.4. The van der Waals surface area contributed by atoms with E-state index in [0.29, 0.717) is 17.1 Å². The molecule has 1 aromatic carbocycles. The van der Waals surface area contributed by atoms with E-state index in [2.05, 4.69) is 32.9 Å². The van der Waals surface area contributed by atoms with E-state index in [0.717, 1.165) is 23.3 Å². The van der Waals surface area contributed by atoms with Crippen molar-refractivity contribution in [1.29, 1.82) is 0 Å². The fraction of sp³-hybridized carbons (Fsp3) is 0.267. The number of benzene rings is 1. The third kappa shape index (κ3) is 3.48. The maximum atomic E-state index is 12.7. The Morgan fingerprint density at radius 3 is 2.87 bits per heavy atom. The van der Waals surface area contributed by atoms with Crippen LogP contribution in [0.3, 0.4) is 0 Å². The van der Waals surface area contributed by atoms with Gasteiger partial charge in [-0.05, 0) is 18.1 Å². The van der Waals surface area contributed by atoms with E-state index in [9.17, 15) is 8.42 Å². The van der Waals surface area contributed by atoms with E-state index >= 15 is 0 Å². The van der Waals surface area contributed by atoms with Crippen LogP contribution in [0.5, 0.6) is 0 Å². The number of rotatable bonds is 5. The molecule has 3 rings (SSSR count). The zero-order chi connectivity index (χ0) is 16.4. The maximum Gasteiger partial charge on any atom is 0.264 e. The molecule has 0 amide bonds. The minimum atomic E-state index is -3.72. The fourth-order valence-corrected chi connectivity index (χ4v) is 4.29. The smallest absolute Gasteiger partial charge is 0.264 e. The van der Waals surface area contributed by atoms with Crippen LogP contribution in [0.25, 0.3) is 10.8 Å². The molecular weight excluding hydrogens is 332 g/mol. The molecule has 0 atom stereocenters. The molecule has 0 aliphatic carbocycles. The molecule has 0 spiro atoms. The van der Waals surface area contributed by atoms with E-state index in [4.69, 9.17) is 0 Å². The molecular formula is C15H16N4O2S2. The Balaban J connectivity index is 1.93. The van der Waals surface area contributed by atoms with Gasteiger partial charge in [0.2, 0.25) is 5.13 Å². The number of sulfonamides is 1. The number of aromatic nitrogens is 3. The number of hydrogen-bond acceptors (Lipinski definition) is 6. The van der Waals surface area contributed by atoms with Crippen molar-refractivity contribution < 1.29 is 8.42 Å². The van der Waals surface area contributed by atoms with Crippen LogP contribution >= 0.6 is 11.5 Å². The highest BCUT2D eigenvalue weighted by Crippen LogP contribution is 2.25. The van der Waals surface area contributed by atoms with Crippen LogP contribution in [0.4, 0.5) is 5.13 Å². The van der Waals surface area contributed by atoms with Gasteiger partial charge in [-0.2, -0.15) is 4.37 Å². The summed E-state index contributed by atoms with van der Waals surface area (Å²) in [5.41, 5.74) is 0. The van der Waals surface area contributed by atoms with Crippen LogP contribution in [0.2, 0.25) is 0 Å². The first-order valence-corrected chi connectivity index (χ1v) is 9.39. The van der Waals surface area contributed by atoms with Gasteiger partial charge in [0.1, 0.15) is 5.82 Å². The van der Waals surface area contributed by atoms with Crippen molar-refractivity contribution in [3.8, 4) is 0 Å². The number of fused-ring (bicyclic) bond motifs is 1. The van der Waals surface area contributed by atoms with Gasteiger partial charge in [-0.15, -0.1) is 0 Å². The van der Waals surface area contributed by atoms with Crippen molar-refractivity contribution in [2.24, 2.45) is 5.92 Å². The molecule has 0 unspecified atom stereocenters. The molecule has 2 heterocycles. The van der Waals surface area contributed by atoms with E-state index in [-0.39, 0.29) is 10.0 Å². The van der Waals surface area contributed by atoms with E-state index < -0.39 is 10.0 Å². The molecule has 0 radical (unpaired) electrons. The van der Waals surface area contributed by atoms with Gasteiger partial charge in [0.15, 0.2) is 0 Å². The highest BCUT2D eigenvalue weighted by Gasteiger charge is 2.19. The summed E-state index contributed by atoms with van der Waals surface area (Å²) in [5, 5.41) is 1.68. The molecule has 0 saturated heterocycles. The van der Waals surface area contributed by atoms with Crippen LogP contribution in [-0.4, -0.2) is 22.8 Å². The summed E-state index contributed by atoms with van der Waals surface area (Å²) in [6.07, 6.45) is 3.94. The quantitative estimate of drug-likeness (QED) is 0.766. The van der Waals surface area contributed by atoms with Crippen molar-refractivity contribution in [3.63, 3.8) is 0 Å². The van der Waals surface area contributed by atoms with E-state index in [1.807, 2.05) is 6.07 Å². The molecule has 1 N–H and O–H groups in total. The summed E-state index contributed by atoms with van der Waals surface area (Å²) in [4.78, 5) is 8.47. The van der Waals surface area contributed by atoms with Gasteiger partial charge in [-0.3, -0.25) is 9.71 Å². The number of pyridine rings is 1. The largest absolute Gasteiger partial charge is 0.264 e. The molecule has 2 aromatic heterocycles. The molecule has 0 aliphatic heterocycles. The van der Waals surface area contributed by atoms with Gasteiger partial charge in [0.05, 0.1) is 4.90 Å². The first-order chi connectivity index (χ1) is 11.0. The topological polar surface area (TPSA) is 84.8 Å². The van der Waals surface area contributed by atoms with Crippen molar-refractivity contribution >= 4 is 37.5 Å². The summed E-state index contributed by atoms with van der Waals surface area (Å²) in [6.45, 7) is 4.13. The van der Waals surface area contributed by atoms with Crippen molar-refractivity contribution in [2.45, 2.75) is 25.2 Å². The predicted molar refractivity (Wildman–Crippen MR) is 91.0 cm³/mol. The molecule has 3 aromatic rings. The lowest BCUT2D eigenvalue weighted by atomic mass is 10.1. The van der Waals surface area contributed by atoms with E-state index in [1.54, 1.807) is 30.6 Å². The Labute approximate surface area is 138 Å². The summed E-state index contributed by atoms with van der Waals surface area (Å²) in [7, 11) is -3.72. The first-order valence-electron chi connectivity index (χ1n) is 7.14. The van der Waals surface area contributed by atoms with Crippen LogP contribution in [0.15, 0.2) is 41.6 Å². The average molecular weight is 348 g/mol. The second-order valence-corrected chi connectivity index (χ2v) is 7.97. The Morgan fingerprint density at radius 2 is 2.09 bits per heavy atom. The predicted octanol–water partition coefficient (Wildman–Crippen LogP) is 3.09. The third-order valence-electron chi connectivity index (χ3n) is 3.21. The summed E-state index contributed by atoms with van der Waals surface area (Å²) >= 11 is 1.05. The zero-order valence-electron chi connectivity index (χ0n) is 12.7. The monoisotopic (exact) mass is 348 g/mol. The fourth-order valence-electron chi connectivity index (χ4n) is 2.24. The van der Waals surface area contributed by atoms with Crippen LogP contribution < -0.4 is 4.72 Å². The summed E-state index contributed by atoms with van der Waals surface area (Å²) < 4.78 is 32.0. The number of anilines is 1. The van der Waals surface area contributed by atoms with E-state index in [1.165, 1.54) is 0 Å². The Hall–Kier alpha value is -2.06. The van der Waals surface area contributed by atoms with Gasteiger partial charge < -0.3 is 0 Å². The van der Waals surface area contributed by atoms with Gasteiger partial charge in [0.25, 0.3) is 10.0 Å². The molecule has 23 heavy (non-hydrogen) atoms. The normalized spacial score (nSPS) is 12.0. The van der Waals surface area contributed by atoms with Crippen molar-refractivity contribution in [1.82, 2.24) is 14.3 Å². The molecule has 0 bridgehead atoms. The second-order valence-electron chi connectivity index (χ2n) is 5.57. The Kier molecular flexibility index (Phi) is 4.27. The number of hydrogen-bond donors (Lipinski definition) is 1. The SMILES string of the molecule is CC(C)Cc1nsc(NS(=O)(=O)c2cccc3cnccc23)n1. The molecule has 6 nitrogen and oxygen atoms in total. The van der Waals surface area contributed by atoms with Crippen molar-refractivity contribution in [2.75, 3.05) is 4.72 Å². The third-order valence-corrected chi connectivity index (χ3v) is 5.41. The lowest BCUT2D eigenvalue weighted by Crippen LogP contribution is -2.13. The van der Waals surface area contributed by atoms with Gasteiger partial charge >= 0.3 is 0 Å². The molecule has 0 fully saturated rings. The number of nitrogens with one attached hydrogen (secondary N) is 1. The standard InChI is InChI=1S/C15H16N4O2S2/c1-10(2)8-14-17-15(22-18-14)19-23(20,21)13-5-3-4-11-9-16-7-6-12(11)13/h3-7,9-10H,8H2,1-2H3,(H,17,18,19). The lowest BCUT2D eigenvalue weighted by Gasteiger charge is -2.07. The van der Waals surface area contributed by atoms with Crippen molar-refractivity contribution in [3.05, 3.63) is 42.5 Å². The highest BCUT2D eigenvalue weighted by atomic mass is 32.2. The molecule has 8 heteroatoms. The summed E-state index contributed by atoms with van der Waals surface area (Å²) in [6, 6.07) is 6.78. The molecule has 120 valence electrons. The van der Waals surface area contributed by atoms with Gasteiger partial charge in [-0.1, -0.05) is 26.0 Å². The van der Waals surface area contributed by atoms with Gasteiger partial charge in [-0.25, -0.2) is 13.4 Å².